The predicted molar refractivity (Wildman–Crippen MR) is 120 cm³/mol. The van der Waals surface area contributed by atoms with Crippen LogP contribution < -0.4 is 21.8 Å². The van der Waals surface area contributed by atoms with Crippen LogP contribution in [0.15, 0.2) is 28.2 Å². The smallest absolute Gasteiger partial charge is 0.399 e. The van der Waals surface area contributed by atoms with E-state index in [4.69, 9.17) is 25.8 Å². The van der Waals surface area contributed by atoms with Crippen molar-refractivity contribution in [3.05, 3.63) is 23.8 Å². The van der Waals surface area contributed by atoms with Crippen molar-refractivity contribution in [2.75, 3.05) is 4.90 Å². The Labute approximate surface area is 178 Å². The number of hydrogen-bond acceptors (Lipinski definition) is 8. The summed E-state index contributed by atoms with van der Waals surface area (Å²) >= 11 is 0. The summed E-state index contributed by atoms with van der Waals surface area (Å²) in [6.45, 7) is 7.94. The number of guanidine groups is 2. The standard InChI is InChI=1S/C21H32BN5O3/c1-19(2)20(3,4)30-22(29-19)15-8-9-16(14(12-15)13-28)27-18(24)25-17(23)26-21(27)10-6-5-7-11-21/h8-9,12,28H,5-7,10-11,13H2,1-4H3,(H4,23,24,25,26). The lowest BCUT2D eigenvalue weighted by Gasteiger charge is -2.46. The molecule has 4 rings (SSSR count). The normalized spacial score (nSPS) is 24.7. The van der Waals surface area contributed by atoms with E-state index in [2.05, 4.69) is 4.99 Å². The molecule has 0 bridgehead atoms. The minimum atomic E-state index is -0.552. The molecule has 1 saturated heterocycles. The van der Waals surface area contributed by atoms with Crippen LogP contribution >= 0.6 is 0 Å². The molecule has 2 heterocycles. The summed E-state index contributed by atoms with van der Waals surface area (Å²) in [5.74, 6) is 0.521. The SMILES string of the molecule is CC1(C)OB(c2ccc(N3C(N)=NC(N)=NC34CCCCC4)c(CO)c2)OC1(C)C. The van der Waals surface area contributed by atoms with Crippen molar-refractivity contribution in [2.24, 2.45) is 21.5 Å². The van der Waals surface area contributed by atoms with E-state index in [1.165, 1.54) is 0 Å². The van der Waals surface area contributed by atoms with Crippen molar-refractivity contribution < 1.29 is 14.4 Å². The molecule has 0 unspecified atom stereocenters. The number of aliphatic imine (C=N–C) groups is 2. The van der Waals surface area contributed by atoms with E-state index in [9.17, 15) is 5.11 Å². The molecule has 1 saturated carbocycles. The highest BCUT2D eigenvalue weighted by molar-refractivity contribution is 6.62. The van der Waals surface area contributed by atoms with E-state index in [-0.39, 0.29) is 12.6 Å². The number of benzene rings is 1. The minimum Gasteiger partial charge on any atom is -0.399 e. The second kappa shape index (κ2) is 7.25. The highest BCUT2D eigenvalue weighted by Gasteiger charge is 2.52. The lowest BCUT2D eigenvalue weighted by Crippen LogP contribution is -2.58. The fraction of sp³-hybridized carbons (Fsp3) is 0.619. The Kier molecular flexibility index (Phi) is 5.11. The molecule has 1 spiro atoms. The van der Waals surface area contributed by atoms with E-state index < -0.39 is 24.0 Å². The lowest BCUT2D eigenvalue weighted by molar-refractivity contribution is 0.00578. The molecule has 0 atom stereocenters. The summed E-state index contributed by atoms with van der Waals surface area (Å²) in [5.41, 5.74) is 13.3. The summed E-state index contributed by atoms with van der Waals surface area (Å²) in [6, 6.07) is 5.83. The van der Waals surface area contributed by atoms with Gasteiger partial charge in [0.25, 0.3) is 0 Å². The molecule has 1 aliphatic carbocycles. The Morgan fingerprint density at radius 1 is 1.07 bits per heavy atom. The molecule has 3 aliphatic rings. The highest BCUT2D eigenvalue weighted by Crippen LogP contribution is 2.41. The molecule has 0 amide bonds. The Hall–Kier alpha value is -2.10. The van der Waals surface area contributed by atoms with Crippen molar-refractivity contribution in [2.45, 2.75) is 83.3 Å². The van der Waals surface area contributed by atoms with Crippen LogP contribution in [0, 0.1) is 0 Å². The quantitative estimate of drug-likeness (QED) is 0.648. The summed E-state index contributed by atoms with van der Waals surface area (Å²) in [6.07, 6.45) is 4.93. The van der Waals surface area contributed by atoms with E-state index in [1.54, 1.807) is 0 Å². The molecule has 1 aromatic carbocycles. The van der Waals surface area contributed by atoms with Crippen molar-refractivity contribution in [3.8, 4) is 0 Å². The van der Waals surface area contributed by atoms with Gasteiger partial charge in [-0.2, -0.15) is 4.99 Å². The second-order valence-corrected chi connectivity index (χ2v) is 9.45. The lowest BCUT2D eigenvalue weighted by atomic mass is 9.78. The predicted octanol–water partition coefficient (Wildman–Crippen LogP) is 1.59. The van der Waals surface area contributed by atoms with Gasteiger partial charge in [0, 0.05) is 5.56 Å². The van der Waals surface area contributed by atoms with Gasteiger partial charge in [-0.3, -0.25) is 4.90 Å². The maximum Gasteiger partial charge on any atom is 0.494 e. The monoisotopic (exact) mass is 413 g/mol. The zero-order valence-electron chi connectivity index (χ0n) is 18.3. The Morgan fingerprint density at radius 2 is 1.70 bits per heavy atom. The molecule has 162 valence electrons. The van der Waals surface area contributed by atoms with Crippen LogP contribution in [0.25, 0.3) is 0 Å². The maximum absolute atomic E-state index is 10.2. The second-order valence-electron chi connectivity index (χ2n) is 9.45. The molecular formula is C21H32BN5O3. The third kappa shape index (κ3) is 3.38. The first kappa shape index (κ1) is 21.1. The molecule has 5 N–H and O–H groups in total. The molecule has 2 aliphatic heterocycles. The highest BCUT2D eigenvalue weighted by atomic mass is 16.7. The van der Waals surface area contributed by atoms with Crippen molar-refractivity contribution >= 4 is 30.2 Å². The van der Waals surface area contributed by atoms with Gasteiger partial charge in [0.2, 0.25) is 11.9 Å². The number of rotatable bonds is 3. The van der Waals surface area contributed by atoms with Crippen LogP contribution in [0.5, 0.6) is 0 Å². The largest absolute Gasteiger partial charge is 0.494 e. The van der Waals surface area contributed by atoms with Crippen LogP contribution in [0.3, 0.4) is 0 Å². The van der Waals surface area contributed by atoms with Crippen LogP contribution in [0.4, 0.5) is 5.69 Å². The molecular weight excluding hydrogens is 381 g/mol. The van der Waals surface area contributed by atoms with Gasteiger partial charge in [0.05, 0.1) is 23.5 Å². The van der Waals surface area contributed by atoms with Crippen LogP contribution in [-0.2, 0) is 15.9 Å². The van der Waals surface area contributed by atoms with Gasteiger partial charge < -0.3 is 25.9 Å². The fourth-order valence-corrected chi connectivity index (χ4v) is 4.55. The average molecular weight is 413 g/mol. The molecule has 9 heteroatoms. The first-order valence-electron chi connectivity index (χ1n) is 10.7. The van der Waals surface area contributed by atoms with Crippen molar-refractivity contribution in [3.63, 3.8) is 0 Å². The number of hydrogen-bond donors (Lipinski definition) is 3. The third-order valence-corrected chi connectivity index (χ3v) is 6.89. The molecule has 8 nitrogen and oxygen atoms in total. The number of nitrogens with two attached hydrogens (primary N) is 2. The first-order chi connectivity index (χ1) is 14.1. The van der Waals surface area contributed by atoms with Gasteiger partial charge in [0.15, 0.2) is 0 Å². The zero-order chi connectivity index (χ0) is 21.7. The zero-order valence-corrected chi connectivity index (χ0v) is 18.3. The van der Waals surface area contributed by atoms with Gasteiger partial charge >= 0.3 is 7.12 Å². The number of aliphatic hydroxyl groups excluding tert-OH is 1. The van der Waals surface area contributed by atoms with Gasteiger partial charge in [0.1, 0.15) is 5.66 Å². The fourth-order valence-electron chi connectivity index (χ4n) is 4.55. The van der Waals surface area contributed by atoms with Gasteiger partial charge in [-0.25, -0.2) is 4.99 Å². The summed E-state index contributed by atoms with van der Waals surface area (Å²) in [5, 5.41) is 10.2. The molecule has 0 aromatic heterocycles. The van der Waals surface area contributed by atoms with Crippen LogP contribution in [0.1, 0.15) is 65.4 Å². The van der Waals surface area contributed by atoms with Crippen LogP contribution in [0.2, 0.25) is 0 Å². The number of nitrogens with zero attached hydrogens (tertiary/aromatic N) is 3. The molecule has 30 heavy (non-hydrogen) atoms. The van der Waals surface area contributed by atoms with Gasteiger partial charge in [-0.1, -0.05) is 18.6 Å². The van der Waals surface area contributed by atoms with Crippen molar-refractivity contribution in [1.29, 1.82) is 0 Å². The number of aliphatic hydroxyl groups is 1. The Morgan fingerprint density at radius 3 is 2.30 bits per heavy atom. The Bertz CT molecular complexity index is 877. The third-order valence-electron chi connectivity index (χ3n) is 6.89. The van der Waals surface area contributed by atoms with E-state index in [0.717, 1.165) is 48.8 Å². The Balaban J connectivity index is 1.72. The van der Waals surface area contributed by atoms with Gasteiger partial charge in [-0.15, -0.1) is 0 Å². The van der Waals surface area contributed by atoms with Crippen molar-refractivity contribution in [1.82, 2.24) is 0 Å². The average Bonchev–Trinajstić information content (AvgIpc) is 2.89. The summed E-state index contributed by atoms with van der Waals surface area (Å²) in [7, 11) is -0.501. The summed E-state index contributed by atoms with van der Waals surface area (Å²) < 4.78 is 12.4. The first-order valence-corrected chi connectivity index (χ1v) is 10.7. The van der Waals surface area contributed by atoms with Crippen LogP contribution in [-0.4, -0.2) is 41.0 Å². The maximum atomic E-state index is 10.2. The minimum absolute atomic E-state index is 0.151. The van der Waals surface area contributed by atoms with Gasteiger partial charge in [-0.05, 0) is 64.9 Å². The summed E-state index contributed by atoms with van der Waals surface area (Å²) in [4.78, 5) is 10.9. The van der Waals surface area contributed by atoms with E-state index >= 15 is 0 Å². The van der Waals surface area contributed by atoms with E-state index in [1.807, 2.05) is 50.8 Å². The van der Waals surface area contributed by atoms with E-state index in [0.29, 0.717) is 5.96 Å². The topological polar surface area (TPSA) is 119 Å². The number of anilines is 1. The molecule has 2 fully saturated rings. The molecule has 0 radical (unpaired) electrons. The molecule has 1 aromatic rings.